The highest BCUT2D eigenvalue weighted by Gasteiger charge is 2.21. The van der Waals surface area contributed by atoms with Crippen LogP contribution in [0.2, 0.25) is 0 Å². The highest BCUT2D eigenvalue weighted by Crippen LogP contribution is 2.28. The van der Waals surface area contributed by atoms with Crippen molar-refractivity contribution in [3.05, 3.63) is 35.7 Å². The van der Waals surface area contributed by atoms with Crippen molar-refractivity contribution < 1.29 is 14.3 Å². The molecule has 94 valence electrons. The SMILES string of the molecule is COC(=O)c1c(C)c(NC(C)=O)c2ccccn12. The van der Waals surface area contributed by atoms with E-state index >= 15 is 0 Å². The summed E-state index contributed by atoms with van der Waals surface area (Å²) in [6, 6.07) is 5.50. The summed E-state index contributed by atoms with van der Waals surface area (Å²) in [5.74, 6) is -0.601. The van der Waals surface area contributed by atoms with Crippen LogP contribution < -0.4 is 5.32 Å². The molecule has 0 unspecified atom stereocenters. The highest BCUT2D eigenvalue weighted by molar-refractivity contribution is 6.01. The third-order valence-electron chi connectivity index (χ3n) is 2.77. The Labute approximate surface area is 104 Å². The number of ether oxygens (including phenoxy) is 1. The number of carbonyl (C=O) groups is 2. The topological polar surface area (TPSA) is 59.8 Å². The van der Waals surface area contributed by atoms with E-state index < -0.39 is 5.97 Å². The normalized spacial score (nSPS) is 10.4. The van der Waals surface area contributed by atoms with Gasteiger partial charge in [-0.2, -0.15) is 0 Å². The number of hydrogen-bond acceptors (Lipinski definition) is 3. The number of methoxy groups -OCH3 is 1. The fourth-order valence-corrected chi connectivity index (χ4v) is 2.01. The molecule has 0 aliphatic heterocycles. The van der Waals surface area contributed by atoms with E-state index in [0.29, 0.717) is 16.9 Å². The van der Waals surface area contributed by atoms with Gasteiger partial charge in [-0.25, -0.2) is 4.79 Å². The number of pyridine rings is 1. The van der Waals surface area contributed by atoms with Crippen LogP contribution in [0.5, 0.6) is 0 Å². The largest absolute Gasteiger partial charge is 0.464 e. The number of fused-ring (bicyclic) bond motifs is 1. The van der Waals surface area contributed by atoms with E-state index in [4.69, 9.17) is 4.74 Å². The number of nitrogens with zero attached hydrogens (tertiary/aromatic N) is 1. The second kappa shape index (κ2) is 4.52. The number of carbonyl (C=O) groups excluding carboxylic acids is 2. The minimum atomic E-state index is -0.426. The van der Waals surface area contributed by atoms with Gasteiger partial charge in [0.15, 0.2) is 0 Å². The van der Waals surface area contributed by atoms with Gasteiger partial charge in [-0.1, -0.05) is 6.07 Å². The molecule has 0 aromatic carbocycles. The van der Waals surface area contributed by atoms with Gasteiger partial charge in [0.25, 0.3) is 0 Å². The second-order valence-electron chi connectivity index (χ2n) is 3.98. The summed E-state index contributed by atoms with van der Waals surface area (Å²) in [6.45, 7) is 3.22. The molecular weight excluding hydrogens is 232 g/mol. The summed E-state index contributed by atoms with van der Waals surface area (Å²) in [5, 5.41) is 2.75. The van der Waals surface area contributed by atoms with E-state index in [1.165, 1.54) is 14.0 Å². The molecule has 2 aromatic heterocycles. The molecule has 0 radical (unpaired) electrons. The molecule has 0 atom stereocenters. The summed E-state index contributed by atoms with van der Waals surface area (Å²) in [5.41, 5.74) is 2.54. The Morgan fingerprint density at radius 1 is 1.33 bits per heavy atom. The Hall–Kier alpha value is -2.30. The van der Waals surface area contributed by atoms with Crippen LogP contribution in [0.15, 0.2) is 24.4 Å². The summed E-state index contributed by atoms with van der Waals surface area (Å²) in [7, 11) is 1.34. The van der Waals surface area contributed by atoms with Crippen molar-refractivity contribution >= 4 is 23.1 Å². The van der Waals surface area contributed by atoms with Crippen molar-refractivity contribution in [1.29, 1.82) is 0 Å². The first-order chi connectivity index (χ1) is 8.56. The van der Waals surface area contributed by atoms with Gasteiger partial charge >= 0.3 is 5.97 Å². The van der Waals surface area contributed by atoms with Crippen LogP contribution in [0, 0.1) is 6.92 Å². The van der Waals surface area contributed by atoms with Gasteiger partial charge in [0, 0.05) is 18.7 Å². The predicted octanol–water partition coefficient (Wildman–Crippen LogP) is 1.99. The summed E-state index contributed by atoms with van der Waals surface area (Å²) >= 11 is 0. The maximum atomic E-state index is 11.8. The Kier molecular flexibility index (Phi) is 3.06. The molecule has 2 rings (SSSR count). The smallest absolute Gasteiger partial charge is 0.355 e. The molecule has 5 nitrogen and oxygen atoms in total. The lowest BCUT2D eigenvalue weighted by Gasteiger charge is -2.01. The van der Waals surface area contributed by atoms with Gasteiger partial charge in [-0.15, -0.1) is 0 Å². The van der Waals surface area contributed by atoms with Gasteiger partial charge in [-0.3, -0.25) is 4.79 Å². The first-order valence-electron chi connectivity index (χ1n) is 5.51. The van der Waals surface area contributed by atoms with Gasteiger partial charge in [-0.05, 0) is 19.1 Å². The van der Waals surface area contributed by atoms with Gasteiger partial charge in [0.05, 0.1) is 18.3 Å². The van der Waals surface area contributed by atoms with E-state index in [2.05, 4.69) is 5.32 Å². The Balaban J connectivity index is 2.75. The van der Waals surface area contributed by atoms with E-state index in [9.17, 15) is 9.59 Å². The first-order valence-corrected chi connectivity index (χ1v) is 5.51. The quantitative estimate of drug-likeness (QED) is 0.824. The van der Waals surface area contributed by atoms with E-state index in [0.717, 1.165) is 5.52 Å². The zero-order valence-electron chi connectivity index (χ0n) is 10.5. The molecule has 2 heterocycles. The van der Waals surface area contributed by atoms with Crippen LogP contribution >= 0.6 is 0 Å². The van der Waals surface area contributed by atoms with Crippen molar-refractivity contribution in [2.75, 3.05) is 12.4 Å². The van der Waals surface area contributed by atoms with E-state index in [-0.39, 0.29) is 5.91 Å². The van der Waals surface area contributed by atoms with Crippen molar-refractivity contribution in [3.8, 4) is 0 Å². The number of nitrogens with one attached hydrogen (secondary N) is 1. The molecule has 0 aliphatic rings. The van der Waals surface area contributed by atoms with Gasteiger partial charge in [0.2, 0.25) is 5.91 Å². The second-order valence-corrected chi connectivity index (χ2v) is 3.98. The number of amides is 1. The highest BCUT2D eigenvalue weighted by atomic mass is 16.5. The van der Waals surface area contributed by atoms with Gasteiger partial charge < -0.3 is 14.5 Å². The number of esters is 1. The summed E-state index contributed by atoms with van der Waals surface area (Å²) < 4.78 is 6.49. The molecule has 0 saturated carbocycles. The standard InChI is InChI=1S/C13H14N2O3/c1-8-11(14-9(2)16)10-6-4-5-7-15(10)12(8)13(17)18-3/h4-7H,1-3H3,(H,14,16). The molecule has 0 saturated heterocycles. The Bertz CT molecular complexity index is 628. The molecule has 1 N–H and O–H groups in total. The number of rotatable bonds is 2. The molecule has 1 amide bonds. The lowest BCUT2D eigenvalue weighted by molar-refractivity contribution is -0.114. The minimum absolute atomic E-state index is 0.175. The van der Waals surface area contributed by atoms with Crippen LogP contribution in [0.4, 0.5) is 5.69 Å². The maximum Gasteiger partial charge on any atom is 0.355 e. The molecule has 2 aromatic rings. The average Bonchev–Trinajstić information content (AvgIpc) is 2.62. The van der Waals surface area contributed by atoms with Crippen LogP contribution in [0.3, 0.4) is 0 Å². The third kappa shape index (κ3) is 1.84. The van der Waals surface area contributed by atoms with Crippen molar-refractivity contribution in [3.63, 3.8) is 0 Å². The van der Waals surface area contributed by atoms with Crippen LogP contribution in [0.25, 0.3) is 5.52 Å². The van der Waals surface area contributed by atoms with Crippen LogP contribution in [0.1, 0.15) is 23.0 Å². The number of hydrogen-bond donors (Lipinski definition) is 1. The lowest BCUT2D eigenvalue weighted by atomic mass is 10.2. The van der Waals surface area contributed by atoms with Crippen molar-refractivity contribution in [2.24, 2.45) is 0 Å². The third-order valence-corrected chi connectivity index (χ3v) is 2.77. The van der Waals surface area contributed by atoms with Crippen LogP contribution in [-0.4, -0.2) is 23.4 Å². The Morgan fingerprint density at radius 2 is 2.06 bits per heavy atom. The predicted molar refractivity (Wildman–Crippen MR) is 67.8 cm³/mol. The molecule has 5 heteroatoms. The maximum absolute atomic E-state index is 11.8. The van der Waals surface area contributed by atoms with Gasteiger partial charge in [0.1, 0.15) is 5.69 Å². The van der Waals surface area contributed by atoms with Crippen molar-refractivity contribution in [1.82, 2.24) is 4.40 Å². The Morgan fingerprint density at radius 3 is 2.67 bits per heavy atom. The zero-order valence-corrected chi connectivity index (χ0v) is 10.5. The molecule has 0 spiro atoms. The zero-order chi connectivity index (χ0) is 13.3. The molecule has 0 fully saturated rings. The average molecular weight is 246 g/mol. The fourth-order valence-electron chi connectivity index (χ4n) is 2.01. The van der Waals surface area contributed by atoms with Crippen molar-refractivity contribution in [2.45, 2.75) is 13.8 Å². The minimum Gasteiger partial charge on any atom is -0.464 e. The molecular formula is C13H14N2O3. The van der Waals surface area contributed by atoms with Crippen LogP contribution in [-0.2, 0) is 9.53 Å². The molecule has 0 aliphatic carbocycles. The number of aromatic nitrogens is 1. The molecule has 18 heavy (non-hydrogen) atoms. The molecule has 0 bridgehead atoms. The van der Waals surface area contributed by atoms with E-state index in [1.54, 1.807) is 17.5 Å². The first kappa shape index (κ1) is 12.2. The summed E-state index contributed by atoms with van der Waals surface area (Å²) in [6.07, 6.45) is 1.76. The fraction of sp³-hybridized carbons (Fsp3) is 0.231. The number of anilines is 1. The lowest BCUT2D eigenvalue weighted by Crippen LogP contribution is -2.08. The van der Waals surface area contributed by atoms with E-state index in [1.807, 2.05) is 18.2 Å². The summed E-state index contributed by atoms with van der Waals surface area (Å²) in [4.78, 5) is 23.0. The monoisotopic (exact) mass is 246 g/mol.